The summed E-state index contributed by atoms with van der Waals surface area (Å²) in [6, 6.07) is 7.89. The summed E-state index contributed by atoms with van der Waals surface area (Å²) in [6.07, 6.45) is 6.15. The lowest BCUT2D eigenvalue weighted by atomic mass is 9.95. The summed E-state index contributed by atoms with van der Waals surface area (Å²) in [5.74, 6) is 0. The fraction of sp³-hybridized carbons (Fsp3) is 0.267. The van der Waals surface area contributed by atoms with E-state index in [1.54, 1.807) is 0 Å². The van der Waals surface area contributed by atoms with E-state index < -0.39 is 0 Å². The van der Waals surface area contributed by atoms with Crippen LogP contribution in [0.1, 0.15) is 26.3 Å². The molecule has 0 fully saturated rings. The molecule has 2 rings (SSSR count). The third-order valence-electron chi connectivity index (χ3n) is 2.56. The second-order valence-corrected chi connectivity index (χ2v) is 5.38. The van der Waals surface area contributed by atoms with Crippen molar-refractivity contribution in [2.45, 2.75) is 20.8 Å². The van der Waals surface area contributed by atoms with Crippen molar-refractivity contribution >= 4 is 22.7 Å². The maximum Gasteiger partial charge on any atom is 0.0723 e. The van der Waals surface area contributed by atoms with Crippen molar-refractivity contribution in [1.82, 2.24) is 4.98 Å². The van der Waals surface area contributed by atoms with Gasteiger partial charge in [0.25, 0.3) is 0 Å². The molecule has 0 amide bonds. The number of rotatable bonds is 1. The smallest absolute Gasteiger partial charge is 0.0723 e. The van der Waals surface area contributed by atoms with Crippen molar-refractivity contribution in [1.29, 1.82) is 0 Å². The molecule has 1 aromatic carbocycles. The quantitative estimate of drug-likeness (QED) is 0.749. The number of hydrogen-bond acceptors (Lipinski definition) is 2. The minimum Gasteiger partial charge on any atom is -0.398 e. The van der Waals surface area contributed by atoms with E-state index in [1.807, 2.05) is 24.4 Å². The topological polar surface area (TPSA) is 38.9 Å². The van der Waals surface area contributed by atoms with Gasteiger partial charge in [0.1, 0.15) is 0 Å². The summed E-state index contributed by atoms with van der Waals surface area (Å²) in [7, 11) is 0. The summed E-state index contributed by atoms with van der Waals surface area (Å²) in [6.45, 7) is 6.52. The van der Waals surface area contributed by atoms with E-state index in [0.717, 1.165) is 22.2 Å². The SMILES string of the molecule is CC(C)(C)/C=C/c1cnc2cccc(N)c2c1. The molecule has 1 aromatic heterocycles. The van der Waals surface area contributed by atoms with Crippen LogP contribution in [0.4, 0.5) is 5.69 Å². The second-order valence-electron chi connectivity index (χ2n) is 5.38. The Morgan fingerprint density at radius 1 is 1.24 bits per heavy atom. The first-order chi connectivity index (χ1) is 7.96. The number of nitrogen functional groups attached to an aromatic ring is 1. The van der Waals surface area contributed by atoms with E-state index in [1.165, 1.54) is 0 Å². The van der Waals surface area contributed by atoms with Crippen molar-refractivity contribution in [3.63, 3.8) is 0 Å². The first-order valence-corrected chi connectivity index (χ1v) is 5.79. The summed E-state index contributed by atoms with van der Waals surface area (Å²) in [5.41, 5.74) is 8.93. The number of hydrogen-bond donors (Lipinski definition) is 1. The van der Waals surface area contributed by atoms with Crippen LogP contribution in [0.25, 0.3) is 17.0 Å². The highest BCUT2D eigenvalue weighted by molar-refractivity contribution is 5.91. The van der Waals surface area contributed by atoms with Gasteiger partial charge in [-0.3, -0.25) is 4.98 Å². The molecule has 0 aliphatic heterocycles. The molecule has 0 radical (unpaired) electrons. The zero-order valence-electron chi connectivity index (χ0n) is 10.6. The molecule has 0 atom stereocenters. The number of fused-ring (bicyclic) bond motifs is 1. The third-order valence-corrected chi connectivity index (χ3v) is 2.56. The Hall–Kier alpha value is -1.83. The van der Waals surface area contributed by atoms with Crippen LogP contribution in [0.3, 0.4) is 0 Å². The molecule has 0 spiro atoms. The van der Waals surface area contributed by atoms with Crippen molar-refractivity contribution in [3.8, 4) is 0 Å². The van der Waals surface area contributed by atoms with E-state index in [2.05, 4.69) is 44.0 Å². The summed E-state index contributed by atoms with van der Waals surface area (Å²) in [4.78, 5) is 4.41. The van der Waals surface area contributed by atoms with Crippen LogP contribution < -0.4 is 5.73 Å². The van der Waals surface area contributed by atoms with Crippen molar-refractivity contribution in [2.75, 3.05) is 5.73 Å². The Morgan fingerprint density at radius 3 is 2.71 bits per heavy atom. The summed E-state index contributed by atoms with van der Waals surface area (Å²) in [5, 5.41) is 1.02. The van der Waals surface area contributed by atoms with Gasteiger partial charge in [0.15, 0.2) is 0 Å². The van der Waals surface area contributed by atoms with Crippen LogP contribution in [-0.2, 0) is 0 Å². The molecular formula is C15H18N2. The monoisotopic (exact) mass is 226 g/mol. The fourth-order valence-electron chi connectivity index (χ4n) is 1.63. The lowest BCUT2D eigenvalue weighted by molar-refractivity contribution is 0.547. The number of nitrogens with zero attached hydrogens (tertiary/aromatic N) is 1. The van der Waals surface area contributed by atoms with Gasteiger partial charge in [-0.2, -0.15) is 0 Å². The van der Waals surface area contributed by atoms with Gasteiger partial charge in [0, 0.05) is 17.3 Å². The van der Waals surface area contributed by atoms with E-state index in [0.29, 0.717) is 0 Å². The van der Waals surface area contributed by atoms with Crippen molar-refractivity contribution in [3.05, 3.63) is 42.1 Å². The number of aromatic nitrogens is 1. The van der Waals surface area contributed by atoms with Crippen LogP contribution in [0.2, 0.25) is 0 Å². The predicted octanol–water partition coefficient (Wildman–Crippen LogP) is 3.88. The molecule has 2 aromatic rings. The van der Waals surface area contributed by atoms with Crippen LogP contribution in [0.15, 0.2) is 36.5 Å². The molecule has 0 bridgehead atoms. The van der Waals surface area contributed by atoms with Gasteiger partial charge in [0.05, 0.1) is 5.52 Å². The van der Waals surface area contributed by atoms with Gasteiger partial charge in [-0.1, -0.05) is 39.0 Å². The number of pyridine rings is 1. The molecule has 0 aliphatic carbocycles. The Morgan fingerprint density at radius 2 is 2.00 bits per heavy atom. The molecule has 88 valence electrons. The molecule has 0 saturated heterocycles. The maximum atomic E-state index is 5.94. The van der Waals surface area contributed by atoms with Crippen molar-refractivity contribution in [2.24, 2.45) is 5.41 Å². The average Bonchev–Trinajstić information content (AvgIpc) is 2.26. The number of anilines is 1. The minimum absolute atomic E-state index is 0.178. The Balaban J connectivity index is 2.45. The Labute approximate surface area is 102 Å². The molecular weight excluding hydrogens is 208 g/mol. The van der Waals surface area contributed by atoms with Gasteiger partial charge < -0.3 is 5.73 Å². The van der Waals surface area contributed by atoms with E-state index in [-0.39, 0.29) is 5.41 Å². The largest absolute Gasteiger partial charge is 0.398 e. The fourth-order valence-corrected chi connectivity index (χ4v) is 1.63. The van der Waals surface area contributed by atoms with Gasteiger partial charge in [-0.05, 0) is 29.2 Å². The molecule has 2 nitrogen and oxygen atoms in total. The second kappa shape index (κ2) is 4.21. The maximum absolute atomic E-state index is 5.94. The molecule has 17 heavy (non-hydrogen) atoms. The van der Waals surface area contributed by atoms with Crippen molar-refractivity contribution < 1.29 is 0 Å². The molecule has 0 unspecified atom stereocenters. The third kappa shape index (κ3) is 2.84. The van der Waals surface area contributed by atoms with E-state index in [4.69, 9.17) is 5.73 Å². The molecule has 0 saturated carbocycles. The standard InChI is InChI=1S/C15H18N2/c1-15(2,3)8-7-11-9-12-13(16)5-4-6-14(12)17-10-11/h4-10H,16H2,1-3H3/b8-7+. The number of benzene rings is 1. The highest BCUT2D eigenvalue weighted by Crippen LogP contribution is 2.22. The highest BCUT2D eigenvalue weighted by Gasteiger charge is 2.04. The number of nitrogens with two attached hydrogens (primary N) is 1. The first-order valence-electron chi connectivity index (χ1n) is 5.79. The zero-order valence-corrected chi connectivity index (χ0v) is 10.6. The van der Waals surface area contributed by atoms with Gasteiger partial charge in [0.2, 0.25) is 0 Å². The molecule has 0 aliphatic rings. The molecule has 2 heteroatoms. The molecule has 1 heterocycles. The van der Waals surface area contributed by atoms with Gasteiger partial charge in [-0.25, -0.2) is 0 Å². The average molecular weight is 226 g/mol. The van der Waals surface area contributed by atoms with Crippen LogP contribution in [-0.4, -0.2) is 4.98 Å². The molecule has 2 N–H and O–H groups in total. The predicted molar refractivity (Wildman–Crippen MR) is 74.6 cm³/mol. The highest BCUT2D eigenvalue weighted by atomic mass is 14.7. The first kappa shape index (κ1) is 11.6. The van der Waals surface area contributed by atoms with Gasteiger partial charge in [-0.15, -0.1) is 0 Å². The number of allylic oxidation sites excluding steroid dienone is 1. The lowest BCUT2D eigenvalue weighted by Gasteiger charge is -2.11. The zero-order chi connectivity index (χ0) is 12.5. The van der Waals surface area contributed by atoms with Crippen LogP contribution >= 0.6 is 0 Å². The Kier molecular flexibility index (Phi) is 2.88. The minimum atomic E-state index is 0.178. The van der Waals surface area contributed by atoms with Crippen LogP contribution in [0.5, 0.6) is 0 Å². The summed E-state index contributed by atoms with van der Waals surface area (Å²) >= 11 is 0. The van der Waals surface area contributed by atoms with E-state index in [9.17, 15) is 0 Å². The van der Waals surface area contributed by atoms with Crippen LogP contribution in [0, 0.1) is 5.41 Å². The van der Waals surface area contributed by atoms with E-state index >= 15 is 0 Å². The summed E-state index contributed by atoms with van der Waals surface area (Å²) < 4.78 is 0. The van der Waals surface area contributed by atoms with Gasteiger partial charge >= 0.3 is 0 Å². The lowest BCUT2D eigenvalue weighted by Crippen LogP contribution is -1.98. The Bertz CT molecular complexity index is 563. The normalized spacial score (nSPS) is 12.4.